The second-order valence-corrected chi connectivity index (χ2v) is 7.13. The van der Waals surface area contributed by atoms with Crippen LogP contribution in [0.1, 0.15) is 44.7 Å². The first-order chi connectivity index (χ1) is 12.3. The molecule has 2 N–H and O–H groups in total. The summed E-state index contributed by atoms with van der Waals surface area (Å²) in [5, 5.41) is 12.0. The number of hydrogen-bond donors (Lipinski definition) is 2. The Morgan fingerprint density at radius 2 is 2.12 bits per heavy atom. The first-order valence-corrected chi connectivity index (χ1v) is 8.80. The van der Waals surface area contributed by atoms with Gasteiger partial charge in [0.25, 0.3) is 7.41 Å². The van der Waals surface area contributed by atoms with Crippen LogP contribution in [0.2, 0.25) is 0 Å². The van der Waals surface area contributed by atoms with Crippen molar-refractivity contribution in [2.75, 3.05) is 13.7 Å². The second kappa shape index (κ2) is 11.0. The first kappa shape index (κ1) is 22.2. The Morgan fingerprint density at radius 3 is 2.69 bits per heavy atom. The highest BCUT2D eigenvalue weighted by Gasteiger charge is 2.21. The topological polar surface area (TPSA) is 84.9 Å². The van der Waals surface area contributed by atoms with Crippen LogP contribution in [0.15, 0.2) is 18.2 Å². The summed E-state index contributed by atoms with van der Waals surface area (Å²) in [4.78, 5) is 22.9. The van der Waals surface area contributed by atoms with Gasteiger partial charge in [-0.3, -0.25) is 4.79 Å². The number of hydrogen-bond acceptors (Lipinski definition) is 6. The lowest BCUT2D eigenvalue weighted by molar-refractivity contribution is -0.155. The third-order valence-corrected chi connectivity index (χ3v) is 3.67. The zero-order chi connectivity index (χ0) is 19.6. The maximum Gasteiger partial charge on any atom is 0.307 e. The van der Waals surface area contributed by atoms with Gasteiger partial charge in [-0.1, -0.05) is 12.1 Å². The van der Waals surface area contributed by atoms with Crippen molar-refractivity contribution in [1.82, 2.24) is 5.23 Å². The zero-order valence-corrected chi connectivity index (χ0v) is 16.1. The third kappa shape index (κ3) is 8.49. The normalized spacial score (nSPS) is 12.3. The number of esters is 1. The van der Waals surface area contributed by atoms with Crippen LogP contribution in [0.5, 0.6) is 5.75 Å². The summed E-state index contributed by atoms with van der Waals surface area (Å²) in [5.74, 6) is 0.393. The minimum absolute atomic E-state index is 0.131. The molecule has 1 atom stereocenters. The van der Waals surface area contributed by atoms with Gasteiger partial charge in [-0.2, -0.15) is 0 Å². The van der Waals surface area contributed by atoms with Crippen molar-refractivity contribution in [1.29, 1.82) is 0 Å². The van der Waals surface area contributed by atoms with Crippen molar-refractivity contribution in [2.45, 2.75) is 58.1 Å². The molecule has 0 amide bonds. The smallest absolute Gasteiger partial charge is 0.307 e. The number of methoxy groups -OCH3 is 1. The van der Waals surface area contributed by atoms with Gasteiger partial charge in [-0.05, 0) is 57.2 Å². The van der Waals surface area contributed by atoms with Gasteiger partial charge in [0, 0.05) is 12.6 Å². The van der Waals surface area contributed by atoms with E-state index in [1.165, 1.54) is 7.41 Å². The molecule has 1 aromatic carbocycles. The van der Waals surface area contributed by atoms with E-state index in [4.69, 9.17) is 14.6 Å². The van der Waals surface area contributed by atoms with E-state index in [2.05, 4.69) is 5.23 Å². The number of nitrogens with one attached hydrogen (secondary N) is 1. The van der Waals surface area contributed by atoms with Crippen molar-refractivity contribution in [3.63, 3.8) is 0 Å². The molecule has 0 spiro atoms. The van der Waals surface area contributed by atoms with Crippen molar-refractivity contribution in [3.05, 3.63) is 29.3 Å². The van der Waals surface area contributed by atoms with Crippen molar-refractivity contribution in [2.24, 2.45) is 0 Å². The average Bonchev–Trinajstić information content (AvgIpc) is 2.56. The predicted molar refractivity (Wildman–Crippen MR) is 102 cm³/mol. The maximum atomic E-state index is 12.2. The van der Waals surface area contributed by atoms with Crippen molar-refractivity contribution < 1.29 is 24.2 Å². The summed E-state index contributed by atoms with van der Waals surface area (Å²) in [6, 6.07) is 5.57. The molecule has 0 heterocycles. The van der Waals surface area contributed by atoms with E-state index in [1.807, 2.05) is 39.0 Å². The number of benzene rings is 1. The molecule has 0 saturated heterocycles. The Bertz CT molecular complexity index is 586. The highest BCUT2D eigenvalue weighted by molar-refractivity contribution is 6.64. The lowest BCUT2D eigenvalue weighted by atomic mass is 9.91. The quantitative estimate of drug-likeness (QED) is 0.354. The van der Waals surface area contributed by atoms with Gasteiger partial charge in [0.2, 0.25) is 0 Å². The molecule has 0 aromatic heterocycles. The van der Waals surface area contributed by atoms with Crippen molar-refractivity contribution >= 4 is 19.6 Å². The standard InChI is InChI=1S/C19H29BNO5/c1-19(2,3)26-18(24)12-16(21-20-13-23)11-15-10-14(6-5-9-22)7-8-17(15)25-4/h7-8,10,13,16,21-22H,5-6,9,11-12H2,1-4H3/t16-/m0/s1. The van der Waals surface area contributed by atoms with Gasteiger partial charge in [0.15, 0.2) is 0 Å². The Kier molecular flexibility index (Phi) is 9.37. The van der Waals surface area contributed by atoms with Gasteiger partial charge in [-0.25, -0.2) is 0 Å². The number of aryl methyl sites for hydroxylation is 1. The van der Waals surface area contributed by atoms with E-state index < -0.39 is 5.60 Å². The van der Waals surface area contributed by atoms with E-state index in [9.17, 15) is 9.59 Å². The average molecular weight is 362 g/mol. The number of ether oxygens (including phenoxy) is 2. The lowest BCUT2D eigenvalue weighted by Gasteiger charge is -2.23. The molecule has 26 heavy (non-hydrogen) atoms. The molecule has 0 bridgehead atoms. The third-order valence-electron chi connectivity index (χ3n) is 3.67. The van der Waals surface area contributed by atoms with Gasteiger partial charge in [-0.15, -0.1) is 0 Å². The van der Waals surface area contributed by atoms with Gasteiger partial charge < -0.3 is 24.6 Å². The summed E-state index contributed by atoms with van der Waals surface area (Å²) in [5.41, 5.74) is 1.46. The number of aliphatic hydroxyl groups excluding tert-OH is 1. The van der Waals surface area contributed by atoms with E-state index in [-0.39, 0.29) is 25.0 Å². The van der Waals surface area contributed by atoms with Crippen LogP contribution in [0.4, 0.5) is 0 Å². The summed E-state index contributed by atoms with van der Waals surface area (Å²) < 4.78 is 10.8. The van der Waals surface area contributed by atoms with Crippen LogP contribution in [0.25, 0.3) is 0 Å². The van der Waals surface area contributed by atoms with Crippen LogP contribution in [-0.2, 0) is 27.2 Å². The van der Waals surface area contributed by atoms with E-state index in [0.29, 0.717) is 19.0 Å². The summed E-state index contributed by atoms with van der Waals surface area (Å²) >= 11 is 0. The molecule has 143 valence electrons. The number of carbonyl (C=O) groups excluding carboxylic acids is 2. The van der Waals surface area contributed by atoms with E-state index >= 15 is 0 Å². The largest absolute Gasteiger partial charge is 0.496 e. The molecule has 1 radical (unpaired) electrons. The van der Waals surface area contributed by atoms with Crippen molar-refractivity contribution in [3.8, 4) is 5.75 Å². The highest BCUT2D eigenvalue weighted by Crippen LogP contribution is 2.23. The van der Waals surface area contributed by atoms with Crippen LogP contribution < -0.4 is 9.96 Å². The molecule has 6 nitrogen and oxygen atoms in total. The molecular weight excluding hydrogens is 333 g/mol. The molecule has 1 aromatic rings. The van der Waals surface area contributed by atoms with Crippen LogP contribution >= 0.6 is 0 Å². The summed E-state index contributed by atoms with van der Waals surface area (Å²) in [6.45, 7) is 5.59. The molecule has 1 rings (SSSR count). The number of aliphatic hydroxyl groups is 1. The maximum absolute atomic E-state index is 12.2. The Hall–Kier alpha value is -1.86. The Labute approximate surface area is 156 Å². The molecule has 0 saturated carbocycles. The van der Waals surface area contributed by atoms with Gasteiger partial charge >= 0.3 is 5.97 Å². The zero-order valence-electron chi connectivity index (χ0n) is 16.1. The SMILES string of the molecule is COc1ccc(CCCO)cc1C[C@@H](CC(=O)OC(C)(C)C)N[B]C=O. The summed E-state index contributed by atoms with van der Waals surface area (Å²) in [7, 11) is 2.89. The van der Waals surface area contributed by atoms with E-state index in [0.717, 1.165) is 23.3 Å². The van der Waals surface area contributed by atoms with Gasteiger partial charge in [0.1, 0.15) is 11.4 Å². The highest BCUT2D eigenvalue weighted by atomic mass is 16.6. The van der Waals surface area contributed by atoms with Gasteiger partial charge in [0.05, 0.1) is 19.7 Å². The minimum Gasteiger partial charge on any atom is -0.496 e. The van der Waals surface area contributed by atoms with E-state index in [1.54, 1.807) is 7.11 Å². The van der Waals surface area contributed by atoms with Crippen LogP contribution in [0.3, 0.4) is 0 Å². The molecule has 0 unspecified atom stereocenters. The Balaban J connectivity index is 2.91. The molecular formula is C19H29BNO5. The fourth-order valence-corrected chi connectivity index (χ4v) is 2.65. The first-order valence-electron chi connectivity index (χ1n) is 8.80. The second-order valence-electron chi connectivity index (χ2n) is 7.13. The fourth-order valence-electron chi connectivity index (χ4n) is 2.65. The lowest BCUT2D eigenvalue weighted by Crippen LogP contribution is -2.38. The molecule has 0 aliphatic rings. The van der Waals surface area contributed by atoms with Crippen LogP contribution in [0, 0.1) is 0 Å². The van der Waals surface area contributed by atoms with Crippen LogP contribution in [-0.4, -0.2) is 50.0 Å². The molecule has 0 aliphatic carbocycles. The summed E-state index contributed by atoms with van der Waals surface area (Å²) in [6.07, 6.45) is 2.73. The Morgan fingerprint density at radius 1 is 1.38 bits per heavy atom. The molecule has 0 aliphatic heterocycles. The molecule has 7 heteroatoms. The predicted octanol–water partition coefficient (Wildman–Crippen LogP) is 1.66. The monoisotopic (exact) mass is 362 g/mol. The minimum atomic E-state index is -0.558. The number of carbonyl (C=O) groups is 2. The fraction of sp³-hybridized carbons (Fsp3) is 0.579. The number of rotatable bonds is 11. The molecule has 0 fully saturated rings.